The molecule has 6 nitrogen and oxygen atoms in total. The number of carbonyl (C=O) groups excluding carboxylic acids is 1. The minimum Gasteiger partial charge on any atom is -0.394 e. The molecular formula is C13H16N2O4. The van der Waals surface area contributed by atoms with Crippen LogP contribution < -0.4 is 5.32 Å². The van der Waals surface area contributed by atoms with Gasteiger partial charge >= 0.3 is 0 Å². The van der Waals surface area contributed by atoms with Crippen LogP contribution in [0.2, 0.25) is 0 Å². The Kier molecular flexibility index (Phi) is 3.80. The summed E-state index contributed by atoms with van der Waals surface area (Å²) in [5.74, 6) is 0. The molecular weight excluding hydrogens is 248 g/mol. The molecule has 2 N–H and O–H groups in total. The first-order chi connectivity index (χ1) is 9.10. The van der Waals surface area contributed by atoms with Gasteiger partial charge in [0.05, 0.1) is 17.1 Å². The van der Waals surface area contributed by atoms with Gasteiger partial charge in [-0.25, -0.2) is 0 Å². The van der Waals surface area contributed by atoms with Crippen LogP contribution in [0.1, 0.15) is 36.0 Å². The summed E-state index contributed by atoms with van der Waals surface area (Å²) >= 11 is 0. The van der Waals surface area contributed by atoms with Crippen molar-refractivity contribution >= 4 is 17.7 Å². The molecule has 1 fully saturated rings. The zero-order valence-corrected chi connectivity index (χ0v) is 10.5. The van der Waals surface area contributed by atoms with E-state index in [2.05, 4.69) is 5.32 Å². The van der Waals surface area contributed by atoms with E-state index in [1.807, 2.05) is 0 Å². The minimum absolute atomic E-state index is 0.0560. The van der Waals surface area contributed by atoms with Crippen LogP contribution >= 0.6 is 0 Å². The van der Waals surface area contributed by atoms with Gasteiger partial charge in [0.1, 0.15) is 12.0 Å². The van der Waals surface area contributed by atoms with Gasteiger partial charge in [-0.1, -0.05) is 12.8 Å². The van der Waals surface area contributed by atoms with E-state index < -0.39 is 10.5 Å². The molecule has 1 aliphatic carbocycles. The van der Waals surface area contributed by atoms with E-state index in [0.29, 0.717) is 12.0 Å². The molecule has 0 spiro atoms. The van der Waals surface area contributed by atoms with Crippen LogP contribution in [-0.2, 0) is 0 Å². The summed E-state index contributed by atoms with van der Waals surface area (Å²) in [5.41, 5.74) is 0.00517. The van der Waals surface area contributed by atoms with Crippen LogP contribution in [0.15, 0.2) is 18.2 Å². The Morgan fingerprint density at radius 2 is 2.11 bits per heavy atom. The van der Waals surface area contributed by atoms with E-state index >= 15 is 0 Å². The lowest BCUT2D eigenvalue weighted by Gasteiger charge is -2.29. The van der Waals surface area contributed by atoms with Crippen molar-refractivity contribution in [3.63, 3.8) is 0 Å². The SMILES string of the molecule is O=Cc1ccc(NC2(CO)CCCC2)c([N+](=O)[O-])c1. The maximum absolute atomic E-state index is 11.0. The van der Waals surface area contributed by atoms with Crippen molar-refractivity contribution in [2.75, 3.05) is 11.9 Å². The number of aldehydes is 1. The normalized spacial score (nSPS) is 17.1. The Labute approximate surface area is 110 Å². The molecule has 1 aromatic carbocycles. The lowest BCUT2D eigenvalue weighted by atomic mass is 9.98. The zero-order valence-electron chi connectivity index (χ0n) is 10.5. The number of hydrogen-bond donors (Lipinski definition) is 2. The predicted octanol–water partition coefficient (Wildman–Crippen LogP) is 2.12. The lowest BCUT2D eigenvalue weighted by molar-refractivity contribution is -0.384. The smallest absolute Gasteiger partial charge is 0.293 e. The van der Waals surface area contributed by atoms with Crippen molar-refractivity contribution in [1.29, 1.82) is 0 Å². The van der Waals surface area contributed by atoms with Crippen molar-refractivity contribution in [2.45, 2.75) is 31.2 Å². The van der Waals surface area contributed by atoms with Crippen molar-refractivity contribution in [2.24, 2.45) is 0 Å². The number of hydrogen-bond acceptors (Lipinski definition) is 5. The van der Waals surface area contributed by atoms with Gasteiger partial charge in [0.2, 0.25) is 0 Å². The molecule has 1 aromatic rings. The molecule has 0 heterocycles. The Morgan fingerprint density at radius 3 is 2.63 bits per heavy atom. The molecule has 0 aromatic heterocycles. The summed E-state index contributed by atoms with van der Waals surface area (Å²) in [6.07, 6.45) is 4.14. The molecule has 102 valence electrons. The standard InChI is InChI=1S/C13H16N2O4/c16-8-10-3-4-11(12(7-10)15(18)19)14-13(9-17)5-1-2-6-13/h3-4,7-8,14,17H,1-2,5-6,9H2. The zero-order chi connectivity index (χ0) is 13.9. The number of nitrogens with zero attached hydrogens (tertiary/aromatic N) is 1. The van der Waals surface area contributed by atoms with Crippen LogP contribution in [0.4, 0.5) is 11.4 Å². The van der Waals surface area contributed by atoms with E-state index in [9.17, 15) is 20.0 Å². The highest BCUT2D eigenvalue weighted by Crippen LogP contribution is 2.36. The van der Waals surface area contributed by atoms with Crippen molar-refractivity contribution < 1.29 is 14.8 Å². The average molecular weight is 264 g/mol. The average Bonchev–Trinajstić information content (AvgIpc) is 2.88. The Morgan fingerprint density at radius 1 is 1.42 bits per heavy atom. The number of anilines is 1. The Hall–Kier alpha value is -1.95. The van der Waals surface area contributed by atoms with Gasteiger partial charge in [-0.05, 0) is 25.0 Å². The highest BCUT2D eigenvalue weighted by atomic mass is 16.6. The molecule has 0 atom stereocenters. The number of aliphatic hydroxyl groups excluding tert-OH is 1. The molecule has 1 aliphatic rings. The molecule has 19 heavy (non-hydrogen) atoms. The second-order valence-electron chi connectivity index (χ2n) is 4.92. The molecule has 0 aliphatic heterocycles. The molecule has 0 saturated heterocycles. The molecule has 0 radical (unpaired) electrons. The monoisotopic (exact) mass is 264 g/mol. The third kappa shape index (κ3) is 2.73. The van der Waals surface area contributed by atoms with Gasteiger partial charge in [0, 0.05) is 11.6 Å². The first-order valence-corrected chi connectivity index (χ1v) is 6.23. The number of benzene rings is 1. The highest BCUT2D eigenvalue weighted by molar-refractivity contribution is 5.79. The Bertz CT molecular complexity index is 495. The van der Waals surface area contributed by atoms with Crippen LogP contribution in [0.5, 0.6) is 0 Å². The van der Waals surface area contributed by atoms with E-state index in [1.165, 1.54) is 18.2 Å². The maximum atomic E-state index is 11.0. The van der Waals surface area contributed by atoms with Crippen LogP contribution in [-0.4, -0.2) is 28.5 Å². The molecule has 0 bridgehead atoms. The minimum atomic E-state index is -0.518. The lowest BCUT2D eigenvalue weighted by Crippen LogP contribution is -2.39. The van der Waals surface area contributed by atoms with Gasteiger partial charge in [-0.2, -0.15) is 0 Å². The van der Waals surface area contributed by atoms with E-state index in [0.717, 1.165) is 25.7 Å². The van der Waals surface area contributed by atoms with Crippen molar-refractivity contribution in [1.82, 2.24) is 0 Å². The van der Waals surface area contributed by atoms with E-state index in [-0.39, 0.29) is 17.9 Å². The van der Waals surface area contributed by atoms with Gasteiger partial charge in [0.15, 0.2) is 0 Å². The van der Waals surface area contributed by atoms with Gasteiger partial charge in [-0.15, -0.1) is 0 Å². The van der Waals surface area contributed by atoms with Gasteiger partial charge in [-0.3, -0.25) is 14.9 Å². The van der Waals surface area contributed by atoms with Crippen LogP contribution in [0.3, 0.4) is 0 Å². The number of rotatable bonds is 5. The number of nitro benzene ring substituents is 1. The number of nitrogens with one attached hydrogen (secondary N) is 1. The molecule has 0 unspecified atom stereocenters. The first kappa shape index (κ1) is 13.5. The summed E-state index contributed by atoms with van der Waals surface area (Å²) in [5, 5.41) is 23.7. The fraction of sp³-hybridized carbons (Fsp3) is 0.462. The topological polar surface area (TPSA) is 92.5 Å². The second-order valence-corrected chi connectivity index (χ2v) is 4.92. The fourth-order valence-electron chi connectivity index (χ4n) is 2.54. The summed E-state index contributed by atoms with van der Waals surface area (Å²) < 4.78 is 0. The van der Waals surface area contributed by atoms with Gasteiger partial charge < -0.3 is 10.4 Å². The van der Waals surface area contributed by atoms with Crippen LogP contribution in [0.25, 0.3) is 0 Å². The predicted molar refractivity (Wildman–Crippen MR) is 70.4 cm³/mol. The molecule has 6 heteroatoms. The first-order valence-electron chi connectivity index (χ1n) is 6.23. The summed E-state index contributed by atoms with van der Waals surface area (Å²) in [4.78, 5) is 21.2. The van der Waals surface area contributed by atoms with E-state index in [1.54, 1.807) is 0 Å². The summed E-state index contributed by atoms with van der Waals surface area (Å²) in [6, 6.07) is 4.30. The number of aliphatic hydroxyl groups is 1. The molecule has 0 amide bonds. The quantitative estimate of drug-likeness (QED) is 0.483. The van der Waals surface area contributed by atoms with E-state index in [4.69, 9.17) is 0 Å². The summed E-state index contributed by atoms with van der Waals surface area (Å²) in [6.45, 7) is -0.0560. The Balaban J connectivity index is 2.33. The third-order valence-corrected chi connectivity index (χ3v) is 3.62. The fourth-order valence-corrected chi connectivity index (χ4v) is 2.54. The molecule has 2 rings (SSSR count). The molecule has 1 saturated carbocycles. The number of nitro groups is 1. The second kappa shape index (κ2) is 5.36. The van der Waals surface area contributed by atoms with Gasteiger partial charge in [0.25, 0.3) is 5.69 Å². The van der Waals surface area contributed by atoms with Crippen LogP contribution in [0, 0.1) is 10.1 Å². The number of carbonyl (C=O) groups is 1. The highest BCUT2D eigenvalue weighted by Gasteiger charge is 2.34. The largest absolute Gasteiger partial charge is 0.394 e. The van der Waals surface area contributed by atoms with Crippen molar-refractivity contribution in [3.8, 4) is 0 Å². The third-order valence-electron chi connectivity index (χ3n) is 3.62. The van der Waals surface area contributed by atoms with Crippen molar-refractivity contribution in [3.05, 3.63) is 33.9 Å². The maximum Gasteiger partial charge on any atom is 0.293 e. The summed E-state index contributed by atoms with van der Waals surface area (Å²) in [7, 11) is 0.